The molecule has 2 N–H and O–H groups in total. The molecule has 1 aliphatic rings. The number of anilines is 1. The van der Waals surface area contributed by atoms with Crippen LogP contribution in [-0.4, -0.2) is 25.2 Å². The van der Waals surface area contributed by atoms with Gasteiger partial charge in [-0.15, -0.1) is 10.2 Å². The van der Waals surface area contributed by atoms with Crippen LogP contribution in [0.25, 0.3) is 0 Å². The van der Waals surface area contributed by atoms with Gasteiger partial charge in [0.05, 0.1) is 11.8 Å². The first-order valence-corrected chi connectivity index (χ1v) is 9.20. The molecule has 1 saturated heterocycles. The molecule has 1 unspecified atom stereocenters. The van der Waals surface area contributed by atoms with Crippen molar-refractivity contribution in [2.24, 2.45) is 0 Å². The molecular formula is C13H16N4O2S2. The Hall–Kier alpha value is -1.51. The van der Waals surface area contributed by atoms with Crippen LogP contribution in [0.15, 0.2) is 30.3 Å². The van der Waals surface area contributed by atoms with Crippen LogP contribution in [-0.2, 0) is 15.8 Å². The normalized spacial score (nSPS) is 18.8. The summed E-state index contributed by atoms with van der Waals surface area (Å²) in [4.78, 5) is 0. The van der Waals surface area contributed by atoms with Crippen molar-refractivity contribution >= 4 is 26.5 Å². The minimum absolute atomic E-state index is 0.0650. The van der Waals surface area contributed by atoms with Crippen molar-refractivity contribution in [1.29, 1.82) is 0 Å². The molecular weight excluding hydrogens is 308 g/mol. The number of nitrogens with zero attached hydrogens (tertiary/aromatic N) is 2. The number of benzene rings is 1. The van der Waals surface area contributed by atoms with Crippen LogP contribution in [0.3, 0.4) is 0 Å². The van der Waals surface area contributed by atoms with Gasteiger partial charge in [-0.1, -0.05) is 41.7 Å². The fraction of sp³-hybridized carbons (Fsp3) is 0.385. The molecule has 6 nitrogen and oxygen atoms in total. The van der Waals surface area contributed by atoms with E-state index < -0.39 is 10.0 Å². The van der Waals surface area contributed by atoms with E-state index in [2.05, 4.69) is 20.2 Å². The highest BCUT2D eigenvalue weighted by Crippen LogP contribution is 2.28. The quantitative estimate of drug-likeness (QED) is 0.877. The molecule has 0 saturated carbocycles. The van der Waals surface area contributed by atoms with Crippen LogP contribution < -0.4 is 10.0 Å². The molecule has 2 aromatic rings. The van der Waals surface area contributed by atoms with Crippen LogP contribution in [0.2, 0.25) is 0 Å². The first-order valence-electron chi connectivity index (χ1n) is 6.73. The molecule has 3 rings (SSSR count). The number of aromatic nitrogens is 2. The average Bonchev–Trinajstić information content (AvgIpc) is 3.09. The lowest BCUT2D eigenvalue weighted by molar-refractivity contribution is 0.600. The zero-order valence-corrected chi connectivity index (χ0v) is 13.0. The van der Waals surface area contributed by atoms with Crippen molar-refractivity contribution in [1.82, 2.24) is 15.5 Å². The summed E-state index contributed by atoms with van der Waals surface area (Å²) < 4.78 is 26.7. The standard InChI is InChI=1S/C13H16N4O2S2/c18-21(19,9-10-5-2-1-3-6-10)17-13-16-15-12(20-13)11-7-4-8-14-11/h1-3,5-6,11,14H,4,7-9H2,(H,16,17). The molecule has 8 heteroatoms. The van der Waals surface area contributed by atoms with Crippen molar-refractivity contribution < 1.29 is 8.42 Å². The van der Waals surface area contributed by atoms with E-state index in [-0.39, 0.29) is 11.8 Å². The van der Waals surface area contributed by atoms with Crippen molar-refractivity contribution in [3.05, 3.63) is 40.9 Å². The average molecular weight is 324 g/mol. The van der Waals surface area contributed by atoms with Crippen molar-refractivity contribution in [3.8, 4) is 0 Å². The third-order valence-corrected chi connectivity index (χ3v) is 5.54. The molecule has 1 aliphatic heterocycles. The van der Waals surface area contributed by atoms with Gasteiger partial charge in [0.25, 0.3) is 0 Å². The minimum Gasteiger partial charge on any atom is -0.308 e. The predicted molar refractivity (Wildman–Crippen MR) is 82.6 cm³/mol. The van der Waals surface area contributed by atoms with Gasteiger partial charge < -0.3 is 5.32 Å². The first kappa shape index (κ1) is 14.4. The lowest BCUT2D eigenvalue weighted by atomic mass is 10.2. The van der Waals surface area contributed by atoms with Crippen molar-refractivity contribution in [2.75, 3.05) is 11.3 Å². The van der Waals surface area contributed by atoms with E-state index in [9.17, 15) is 8.42 Å². The van der Waals surface area contributed by atoms with E-state index in [1.54, 1.807) is 12.1 Å². The van der Waals surface area contributed by atoms with E-state index >= 15 is 0 Å². The second kappa shape index (κ2) is 6.08. The lowest BCUT2D eigenvalue weighted by Crippen LogP contribution is -2.14. The fourth-order valence-electron chi connectivity index (χ4n) is 2.27. The summed E-state index contributed by atoms with van der Waals surface area (Å²) in [5, 5.41) is 12.5. The molecule has 0 amide bonds. The number of sulfonamides is 1. The summed E-state index contributed by atoms with van der Waals surface area (Å²) in [6.07, 6.45) is 2.13. The molecule has 0 spiro atoms. The summed E-state index contributed by atoms with van der Waals surface area (Å²) in [5.74, 6) is -0.0650. The maximum Gasteiger partial charge on any atom is 0.238 e. The summed E-state index contributed by atoms with van der Waals surface area (Å²) in [7, 11) is -3.46. The third-order valence-electron chi connectivity index (χ3n) is 3.24. The van der Waals surface area contributed by atoms with Gasteiger partial charge in [0.15, 0.2) is 0 Å². The predicted octanol–water partition coefficient (Wildman–Crippen LogP) is 1.90. The number of hydrogen-bond donors (Lipinski definition) is 2. The smallest absolute Gasteiger partial charge is 0.238 e. The van der Waals surface area contributed by atoms with Gasteiger partial charge in [0.1, 0.15) is 5.01 Å². The van der Waals surface area contributed by atoms with E-state index in [1.165, 1.54) is 11.3 Å². The topological polar surface area (TPSA) is 84.0 Å². The van der Waals surface area contributed by atoms with E-state index in [0.717, 1.165) is 30.0 Å². The summed E-state index contributed by atoms with van der Waals surface area (Å²) in [5.41, 5.74) is 0.743. The highest BCUT2D eigenvalue weighted by Gasteiger charge is 2.22. The van der Waals surface area contributed by atoms with Gasteiger partial charge in [-0.3, -0.25) is 4.72 Å². The molecule has 1 fully saturated rings. The maximum atomic E-state index is 12.1. The Labute approximate surface area is 127 Å². The van der Waals surface area contributed by atoms with Crippen LogP contribution >= 0.6 is 11.3 Å². The Balaban J connectivity index is 1.68. The zero-order valence-electron chi connectivity index (χ0n) is 11.3. The molecule has 0 radical (unpaired) electrons. The van der Waals surface area contributed by atoms with Gasteiger partial charge in [0, 0.05) is 0 Å². The van der Waals surface area contributed by atoms with Gasteiger partial charge in [-0.25, -0.2) is 8.42 Å². The molecule has 1 aromatic carbocycles. The fourth-order valence-corrected chi connectivity index (χ4v) is 4.54. The number of hydrogen-bond acceptors (Lipinski definition) is 6. The third kappa shape index (κ3) is 3.78. The Morgan fingerprint density at radius 1 is 1.29 bits per heavy atom. The molecule has 1 atom stereocenters. The Bertz CT molecular complexity index is 694. The van der Waals surface area contributed by atoms with Crippen molar-refractivity contribution in [3.63, 3.8) is 0 Å². The van der Waals surface area contributed by atoms with Gasteiger partial charge in [-0.05, 0) is 24.9 Å². The maximum absolute atomic E-state index is 12.1. The second-order valence-electron chi connectivity index (χ2n) is 4.94. The zero-order chi connectivity index (χ0) is 14.7. The Morgan fingerprint density at radius 3 is 2.81 bits per heavy atom. The lowest BCUT2D eigenvalue weighted by Gasteiger charge is -2.05. The summed E-state index contributed by atoms with van der Waals surface area (Å²) in [6, 6.07) is 9.27. The minimum atomic E-state index is -3.46. The van der Waals surface area contributed by atoms with Crippen LogP contribution in [0.4, 0.5) is 5.13 Å². The Kier molecular flexibility index (Phi) is 4.18. The van der Waals surface area contributed by atoms with E-state index in [0.29, 0.717) is 5.13 Å². The van der Waals surface area contributed by atoms with E-state index in [1.807, 2.05) is 18.2 Å². The van der Waals surface area contributed by atoms with Crippen molar-refractivity contribution in [2.45, 2.75) is 24.6 Å². The SMILES string of the molecule is O=S(=O)(Cc1ccccc1)Nc1nnc(C2CCCN2)s1. The largest absolute Gasteiger partial charge is 0.308 e. The molecule has 0 bridgehead atoms. The van der Waals surface area contributed by atoms with Crippen LogP contribution in [0.1, 0.15) is 29.5 Å². The molecule has 112 valence electrons. The highest BCUT2D eigenvalue weighted by molar-refractivity contribution is 7.92. The molecule has 0 aliphatic carbocycles. The Morgan fingerprint density at radius 2 is 2.10 bits per heavy atom. The van der Waals surface area contributed by atoms with E-state index in [4.69, 9.17) is 0 Å². The first-order chi connectivity index (χ1) is 10.1. The molecule has 1 aromatic heterocycles. The summed E-state index contributed by atoms with van der Waals surface area (Å²) >= 11 is 1.29. The van der Waals surface area contributed by atoms with Gasteiger partial charge >= 0.3 is 0 Å². The number of nitrogens with one attached hydrogen (secondary N) is 2. The van der Waals surface area contributed by atoms with Gasteiger partial charge in [-0.2, -0.15) is 0 Å². The monoisotopic (exact) mass is 324 g/mol. The highest BCUT2D eigenvalue weighted by atomic mass is 32.2. The van der Waals surface area contributed by atoms with Crippen LogP contribution in [0, 0.1) is 0 Å². The number of rotatable bonds is 5. The molecule has 21 heavy (non-hydrogen) atoms. The molecule has 2 heterocycles. The van der Waals surface area contributed by atoms with Gasteiger partial charge in [0.2, 0.25) is 15.2 Å². The second-order valence-corrected chi connectivity index (χ2v) is 7.67. The summed E-state index contributed by atoms with van der Waals surface area (Å²) in [6.45, 7) is 0.972. The van der Waals surface area contributed by atoms with Crippen LogP contribution in [0.5, 0.6) is 0 Å².